The van der Waals surface area contributed by atoms with Crippen LogP contribution < -0.4 is 0 Å². The highest BCUT2D eigenvalue weighted by atomic mass is 32.2. The molecule has 1 N–H and O–H groups in total. The fourth-order valence-electron chi connectivity index (χ4n) is 0.622. The van der Waals surface area contributed by atoms with Crippen molar-refractivity contribution >= 4 is 16.1 Å². The Balaban J connectivity index is 4.77. The summed E-state index contributed by atoms with van der Waals surface area (Å²) in [5.41, 5.74) is 0.0625. The van der Waals surface area contributed by atoms with Crippen LogP contribution in [0.1, 0.15) is 20.3 Å². The van der Waals surface area contributed by atoms with E-state index in [1.807, 2.05) is 0 Å². The third-order valence-electron chi connectivity index (χ3n) is 1.45. The van der Waals surface area contributed by atoms with Crippen LogP contribution in [0.5, 0.6) is 0 Å². The van der Waals surface area contributed by atoms with Crippen molar-refractivity contribution in [1.82, 2.24) is 0 Å². The standard InChI is InChI=1S/C6H10O4S/c1-3-6(4-7)5(2)11(8,9)10/h5H,3H2,1-2H3,(H,8,9,10). The first-order valence-corrected chi connectivity index (χ1v) is 4.64. The molecule has 0 radical (unpaired) electrons. The molecule has 0 saturated carbocycles. The summed E-state index contributed by atoms with van der Waals surface area (Å²) in [6.07, 6.45) is 0.282. The molecule has 1 unspecified atom stereocenters. The van der Waals surface area contributed by atoms with Crippen LogP contribution in [-0.4, -0.2) is 24.2 Å². The first-order valence-electron chi connectivity index (χ1n) is 3.13. The highest BCUT2D eigenvalue weighted by molar-refractivity contribution is 7.86. The number of hydrogen-bond acceptors (Lipinski definition) is 3. The Bertz CT molecular complexity index is 271. The van der Waals surface area contributed by atoms with Gasteiger partial charge < -0.3 is 0 Å². The van der Waals surface area contributed by atoms with Crippen molar-refractivity contribution in [2.24, 2.45) is 0 Å². The topological polar surface area (TPSA) is 71.4 Å². The lowest BCUT2D eigenvalue weighted by molar-refractivity contribution is 0.474. The SMILES string of the molecule is CCC(=C=O)C(C)S(=O)(=O)O. The largest absolute Gasteiger partial charge is 0.285 e. The van der Waals surface area contributed by atoms with E-state index in [0.29, 0.717) is 0 Å². The van der Waals surface area contributed by atoms with E-state index in [2.05, 4.69) is 0 Å². The van der Waals surface area contributed by atoms with Gasteiger partial charge in [0.2, 0.25) is 0 Å². The second-order valence-corrected chi connectivity index (χ2v) is 3.88. The van der Waals surface area contributed by atoms with Gasteiger partial charge in [-0.2, -0.15) is 8.42 Å². The third kappa shape index (κ3) is 2.84. The van der Waals surface area contributed by atoms with Crippen molar-refractivity contribution in [2.45, 2.75) is 25.5 Å². The normalized spacial score (nSPS) is 13.7. The number of carbonyl (C=O) groups excluding carboxylic acids is 1. The van der Waals surface area contributed by atoms with Gasteiger partial charge >= 0.3 is 0 Å². The van der Waals surface area contributed by atoms with E-state index < -0.39 is 15.4 Å². The molecule has 0 aliphatic carbocycles. The second-order valence-electron chi connectivity index (χ2n) is 2.14. The fraction of sp³-hybridized carbons (Fsp3) is 0.667. The minimum absolute atomic E-state index is 0.0625. The lowest BCUT2D eigenvalue weighted by Gasteiger charge is -2.05. The smallest absolute Gasteiger partial charge is 0.272 e. The molecule has 0 rings (SSSR count). The quantitative estimate of drug-likeness (QED) is 0.502. The summed E-state index contributed by atoms with van der Waals surface area (Å²) >= 11 is 0. The molecule has 11 heavy (non-hydrogen) atoms. The van der Waals surface area contributed by atoms with Gasteiger partial charge in [-0.3, -0.25) is 4.55 Å². The van der Waals surface area contributed by atoms with Crippen LogP contribution >= 0.6 is 0 Å². The van der Waals surface area contributed by atoms with Gasteiger partial charge in [0.05, 0.1) is 0 Å². The molecule has 0 aromatic rings. The lowest BCUT2D eigenvalue weighted by Crippen LogP contribution is -2.19. The monoisotopic (exact) mass is 178 g/mol. The molecule has 0 heterocycles. The third-order valence-corrected chi connectivity index (χ3v) is 2.63. The number of hydrogen-bond donors (Lipinski definition) is 1. The molecule has 0 aromatic carbocycles. The van der Waals surface area contributed by atoms with Gasteiger partial charge in [-0.15, -0.1) is 0 Å². The molecular weight excluding hydrogens is 168 g/mol. The van der Waals surface area contributed by atoms with E-state index in [0.717, 1.165) is 0 Å². The lowest BCUT2D eigenvalue weighted by atomic mass is 10.2. The Morgan fingerprint density at radius 1 is 1.64 bits per heavy atom. The van der Waals surface area contributed by atoms with Crippen LogP contribution in [-0.2, 0) is 14.9 Å². The highest BCUT2D eigenvalue weighted by Gasteiger charge is 2.21. The van der Waals surface area contributed by atoms with Crippen LogP contribution in [0.3, 0.4) is 0 Å². The molecular formula is C6H10O4S. The van der Waals surface area contributed by atoms with Crippen molar-refractivity contribution in [3.05, 3.63) is 5.57 Å². The van der Waals surface area contributed by atoms with E-state index in [9.17, 15) is 13.2 Å². The zero-order chi connectivity index (χ0) is 9.07. The van der Waals surface area contributed by atoms with Gasteiger partial charge in [-0.05, 0) is 13.3 Å². The summed E-state index contributed by atoms with van der Waals surface area (Å²) in [7, 11) is -4.13. The summed E-state index contributed by atoms with van der Waals surface area (Å²) in [5.74, 6) is 1.49. The van der Waals surface area contributed by atoms with Crippen molar-refractivity contribution in [1.29, 1.82) is 0 Å². The van der Waals surface area contributed by atoms with Gasteiger partial charge in [-0.1, -0.05) is 6.92 Å². The first-order chi connectivity index (χ1) is 4.93. The van der Waals surface area contributed by atoms with Crippen molar-refractivity contribution in [3.63, 3.8) is 0 Å². The van der Waals surface area contributed by atoms with Gasteiger partial charge in [0.1, 0.15) is 11.2 Å². The van der Waals surface area contributed by atoms with Crippen LogP contribution in [0, 0.1) is 0 Å². The van der Waals surface area contributed by atoms with E-state index in [-0.39, 0.29) is 12.0 Å². The molecule has 64 valence electrons. The molecule has 5 heteroatoms. The average molecular weight is 178 g/mol. The molecule has 1 atom stereocenters. The van der Waals surface area contributed by atoms with E-state index in [1.165, 1.54) is 12.9 Å². The molecule has 0 fully saturated rings. The van der Waals surface area contributed by atoms with Crippen LogP contribution in [0.25, 0.3) is 0 Å². The van der Waals surface area contributed by atoms with E-state index in [4.69, 9.17) is 4.55 Å². The second kappa shape index (κ2) is 3.67. The summed E-state index contributed by atoms with van der Waals surface area (Å²) in [6.45, 7) is 2.88. The summed E-state index contributed by atoms with van der Waals surface area (Å²) in [5, 5.41) is -1.13. The zero-order valence-corrected chi connectivity index (χ0v) is 7.18. The Kier molecular flexibility index (Phi) is 3.45. The first kappa shape index (κ1) is 10.4. The van der Waals surface area contributed by atoms with Gasteiger partial charge in [0, 0.05) is 5.57 Å². The molecule has 4 nitrogen and oxygen atoms in total. The van der Waals surface area contributed by atoms with Crippen molar-refractivity contribution in [3.8, 4) is 0 Å². The minimum atomic E-state index is -4.13. The summed E-state index contributed by atoms with van der Waals surface area (Å²) in [4.78, 5) is 10.1. The van der Waals surface area contributed by atoms with Crippen LogP contribution in [0.4, 0.5) is 0 Å². The average Bonchev–Trinajstić information content (AvgIpc) is 1.88. The molecule has 0 saturated heterocycles. The molecule has 0 bridgehead atoms. The van der Waals surface area contributed by atoms with Gasteiger partial charge in [0.15, 0.2) is 0 Å². The predicted molar refractivity (Wildman–Crippen MR) is 40.5 cm³/mol. The molecule has 0 amide bonds. The predicted octanol–water partition coefficient (Wildman–Crippen LogP) is 0.431. The molecule has 0 aromatic heterocycles. The molecule has 0 spiro atoms. The van der Waals surface area contributed by atoms with E-state index in [1.54, 1.807) is 6.92 Å². The Labute approximate surface area is 65.7 Å². The Morgan fingerprint density at radius 3 is 2.18 bits per heavy atom. The van der Waals surface area contributed by atoms with Crippen LogP contribution in [0.2, 0.25) is 0 Å². The highest BCUT2D eigenvalue weighted by Crippen LogP contribution is 2.10. The molecule has 0 aliphatic heterocycles. The van der Waals surface area contributed by atoms with Crippen molar-refractivity contribution in [2.75, 3.05) is 0 Å². The maximum atomic E-state index is 10.4. The van der Waals surface area contributed by atoms with E-state index >= 15 is 0 Å². The Hall–Kier alpha value is -0.640. The van der Waals surface area contributed by atoms with Crippen LogP contribution in [0.15, 0.2) is 5.57 Å². The van der Waals surface area contributed by atoms with Gasteiger partial charge in [-0.25, -0.2) is 4.79 Å². The summed E-state index contributed by atoms with van der Waals surface area (Å²) in [6, 6.07) is 0. The summed E-state index contributed by atoms with van der Waals surface area (Å²) < 4.78 is 29.4. The maximum Gasteiger partial charge on any atom is 0.272 e. The van der Waals surface area contributed by atoms with Crippen molar-refractivity contribution < 1.29 is 17.8 Å². The van der Waals surface area contributed by atoms with Gasteiger partial charge in [0.25, 0.3) is 10.1 Å². The number of rotatable bonds is 3. The maximum absolute atomic E-state index is 10.4. The Morgan fingerprint density at radius 2 is 2.09 bits per heavy atom. The fourth-order valence-corrected chi connectivity index (χ4v) is 1.20. The zero-order valence-electron chi connectivity index (χ0n) is 6.36. The molecule has 0 aliphatic rings. The minimum Gasteiger partial charge on any atom is -0.285 e.